The molecule has 9 nitrogen and oxygen atoms in total. The second-order valence-corrected chi connectivity index (χ2v) is 10.7. The molecule has 0 saturated carbocycles. The minimum atomic E-state index is -4.26. The molecule has 2 saturated heterocycles. The molecule has 1 amide bonds. The maximum absolute atomic E-state index is 13.4. The number of methoxy groups -OCH3 is 1. The molecule has 38 heavy (non-hydrogen) atoms. The molecule has 3 aromatic rings. The van der Waals surface area contributed by atoms with Crippen LogP contribution in [0.5, 0.6) is 0 Å². The zero-order chi connectivity index (χ0) is 26.7. The third-order valence-electron chi connectivity index (χ3n) is 6.52. The fraction of sp³-hybridized carbons (Fsp3) is 0.321. The van der Waals surface area contributed by atoms with Gasteiger partial charge >= 0.3 is 0 Å². The Balaban J connectivity index is 1.50. The minimum absolute atomic E-state index is 0.0140. The number of nitrogens with one attached hydrogen (secondary N) is 1. The van der Waals surface area contributed by atoms with Crippen molar-refractivity contribution in [2.45, 2.75) is 48.8 Å². The molecule has 1 N–H and O–H groups in total. The normalized spacial score (nSPS) is 27.3. The average Bonchev–Trinajstić information content (AvgIpc) is 2.95. The predicted molar refractivity (Wildman–Crippen MR) is 137 cm³/mol. The van der Waals surface area contributed by atoms with Crippen LogP contribution in [0, 0.1) is 6.92 Å². The summed E-state index contributed by atoms with van der Waals surface area (Å²) in [6.45, 7) is 1.96. The monoisotopic (exact) mass is 539 g/mol. The molecule has 0 spiro atoms. The number of aryl methyl sites for hydroxylation is 1. The van der Waals surface area contributed by atoms with Crippen molar-refractivity contribution in [1.29, 1.82) is 0 Å². The van der Waals surface area contributed by atoms with Gasteiger partial charge in [0.05, 0.1) is 11.5 Å². The molecule has 200 valence electrons. The van der Waals surface area contributed by atoms with Gasteiger partial charge in [-0.2, -0.15) is 8.42 Å². The number of hydrogen-bond donors (Lipinski definition) is 1. The lowest BCUT2D eigenvalue weighted by Gasteiger charge is -2.48. The molecule has 0 bridgehead atoms. The molecule has 10 heteroatoms. The highest BCUT2D eigenvalue weighted by atomic mass is 32.2. The predicted octanol–water partition coefficient (Wildman–Crippen LogP) is 3.35. The minimum Gasteiger partial charge on any atom is -0.354 e. The smallest absolute Gasteiger partial charge is 0.297 e. The summed E-state index contributed by atoms with van der Waals surface area (Å²) < 4.78 is 56.5. The second kappa shape index (κ2) is 11.3. The summed E-state index contributed by atoms with van der Waals surface area (Å²) in [4.78, 5) is 13.1. The second-order valence-electron chi connectivity index (χ2n) is 9.15. The number of rotatable bonds is 7. The SMILES string of the molecule is CO[C@H]1O[C@H]2CO[C@@H](c3ccccc3)O[C@@H]2[C@H](OS(=O)(=O)c2ccc(C)cc2)[C@H]1NC(=O)c1ccccc1. The molecule has 2 aliphatic heterocycles. The first-order valence-electron chi connectivity index (χ1n) is 12.2. The number of ether oxygens (including phenoxy) is 4. The van der Waals surface area contributed by atoms with Gasteiger partial charge in [0.25, 0.3) is 16.0 Å². The van der Waals surface area contributed by atoms with E-state index in [2.05, 4.69) is 5.32 Å². The Bertz CT molecular complexity index is 1330. The lowest BCUT2D eigenvalue weighted by molar-refractivity contribution is -0.337. The van der Waals surface area contributed by atoms with E-state index >= 15 is 0 Å². The quantitative estimate of drug-likeness (QED) is 0.456. The first-order valence-corrected chi connectivity index (χ1v) is 13.6. The molecule has 3 aromatic carbocycles. The summed E-state index contributed by atoms with van der Waals surface area (Å²) >= 11 is 0. The van der Waals surface area contributed by atoms with Gasteiger partial charge in [0.2, 0.25) is 0 Å². The molecule has 5 rings (SSSR count). The van der Waals surface area contributed by atoms with Crippen molar-refractivity contribution < 1.29 is 36.3 Å². The Morgan fingerprint density at radius 1 is 0.921 bits per heavy atom. The van der Waals surface area contributed by atoms with Crippen LogP contribution in [0.2, 0.25) is 0 Å². The van der Waals surface area contributed by atoms with Crippen LogP contribution in [0.3, 0.4) is 0 Å². The highest BCUT2D eigenvalue weighted by Crippen LogP contribution is 2.37. The van der Waals surface area contributed by atoms with Crippen molar-refractivity contribution in [2.75, 3.05) is 13.7 Å². The average molecular weight is 540 g/mol. The summed E-state index contributed by atoms with van der Waals surface area (Å²) in [5.74, 6) is -0.437. The van der Waals surface area contributed by atoms with E-state index in [0.29, 0.717) is 5.56 Å². The van der Waals surface area contributed by atoms with Crippen molar-refractivity contribution in [3.05, 3.63) is 102 Å². The summed E-state index contributed by atoms with van der Waals surface area (Å²) in [5, 5.41) is 2.86. The highest BCUT2D eigenvalue weighted by molar-refractivity contribution is 7.86. The van der Waals surface area contributed by atoms with Crippen molar-refractivity contribution in [2.24, 2.45) is 0 Å². The van der Waals surface area contributed by atoms with Crippen LogP contribution >= 0.6 is 0 Å². The number of benzene rings is 3. The van der Waals surface area contributed by atoms with Crippen LogP contribution in [0.15, 0.2) is 89.8 Å². The molecule has 0 unspecified atom stereocenters. The van der Waals surface area contributed by atoms with Crippen LogP contribution in [0.25, 0.3) is 0 Å². The molecule has 6 atom stereocenters. The third kappa shape index (κ3) is 5.65. The van der Waals surface area contributed by atoms with Crippen molar-refractivity contribution in [3.8, 4) is 0 Å². The van der Waals surface area contributed by atoms with E-state index < -0.39 is 53.0 Å². The van der Waals surface area contributed by atoms with Gasteiger partial charge < -0.3 is 24.3 Å². The molecule has 2 fully saturated rings. The van der Waals surface area contributed by atoms with E-state index in [1.165, 1.54) is 19.2 Å². The number of fused-ring (bicyclic) bond motifs is 1. The maximum atomic E-state index is 13.4. The lowest BCUT2D eigenvalue weighted by atomic mass is 9.95. The molecule has 2 aliphatic rings. The van der Waals surface area contributed by atoms with Gasteiger partial charge in [-0.15, -0.1) is 0 Å². The van der Waals surface area contributed by atoms with E-state index in [0.717, 1.165) is 11.1 Å². The summed E-state index contributed by atoms with van der Waals surface area (Å²) in [7, 11) is -2.85. The molecule has 0 aromatic heterocycles. The molecule has 0 radical (unpaired) electrons. The zero-order valence-corrected chi connectivity index (χ0v) is 21.7. The van der Waals surface area contributed by atoms with Crippen LogP contribution < -0.4 is 5.32 Å². The Hall–Kier alpha value is -3.12. The van der Waals surface area contributed by atoms with E-state index in [9.17, 15) is 13.2 Å². The van der Waals surface area contributed by atoms with Crippen molar-refractivity contribution in [1.82, 2.24) is 5.32 Å². The first kappa shape index (κ1) is 26.5. The topological polar surface area (TPSA) is 109 Å². The first-order chi connectivity index (χ1) is 18.4. The molecule has 0 aliphatic carbocycles. The van der Waals surface area contributed by atoms with E-state index in [4.69, 9.17) is 23.1 Å². The molecular weight excluding hydrogens is 510 g/mol. The number of carbonyl (C=O) groups is 1. The Morgan fingerprint density at radius 2 is 1.58 bits per heavy atom. The van der Waals surface area contributed by atoms with Crippen LogP contribution in [0.1, 0.15) is 27.8 Å². The maximum Gasteiger partial charge on any atom is 0.297 e. The van der Waals surface area contributed by atoms with Gasteiger partial charge in [0.15, 0.2) is 12.6 Å². The largest absolute Gasteiger partial charge is 0.354 e. The van der Waals surface area contributed by atoms with Crippen LogP contribution in [0.4, 0.5) is 0 Å². The van der Waals surface area contributed by atoms with Crippen molar-refractivity contribution >= 4 is 16.0 Å². The Labute approximate surface area is 221 Å². The fourth-order valence-electron chi connectivity index (χ4n) is 4.55. The number of carbonyl (C=O) groups excluding carboxylic acids is 1. The van der Waals surface area contributed by atoms with Crippen LogP contribution in [-0.4, -0.2) is 58.7 Å². The number of amides is 1. The van der Waals surface area contributed by atoms with Gasteiger partial charge in [-0.25, -0.2) is 0 Å². The Morgan fingerprint density at radius 3 is 2.24 bits per heavy atom. The van der Waals surface area contributed by atoms with E-state index in [-0.39, 0.29) is 11.5 Å². The molecule has 2 heterocycles. The van der Waals surface area contributed by atoms with Gasteiger partial charge in [-0.05, 0) is 31.2 Å². The fourth-order valence-corrected chi connectivity index (χ4v) is 5.65. The lowest BCUT2D eigenvalue weighted by Crippen LogP contribution is -2.67. The van der Waals surface area contributed by atoms with Gasteiger partial charge in [-0.1, -0.05) is 66.2 Å². The van der Waals surface area contributed by atoms with Gasteiger partial charge in [0.1, 0.15) is 24.4 Å². The Kier molecular flexibility index (Phi) is 7.89. The highest BCUT2D eigenvalue weighted by Gasteiger charge is 2.53. The summed E-state index contributed by atoms with van der Waals surface area (Å²) in [6.07, 6.45) is -4.60. The van der Waals surface area contributed by atoms with Crippen LogP contribution in [-0.2, 0) is 33.2 Å². The van der Waals surface area contributed by atoms with E-state index in [1.807, 2.05) is 37.3 Å². The standard InChI is InChI=1S/C28H29NO8S/c1-18-13-15-21(16-14-18)38(31,32)37-25-23(29-26(30)19-9-5-3-6-10-19)28(33-2)35-22-17-34-27(36-24(22)25)20-11-7-4-8-12-20/h3-16,22-25,27-28H,17H2,1-2H3,(H,29,30)/t22-,23+,24-,25+,27+,28-/m0/s1. The van der Waals surface area contributed by atoms with Gasteiger partial charge in [0, 0.05) is 18.2 Å². The third-order valence-corrected chi connectivity index (χ3v) is 7.85. The van der Waals surface area contributed by atoms with Crippen molar-refractivity contribution in [3.63, 3.8) is 0 Å². The number of hydrogen-bond acceptors (Lipinski definition) is 8. The van der Waals surface area contributed by atoms with Gasteiger partial charge in [-0.3, -0.25) is 8.98 Å². The van der Waals surface area contributed by atoms with E-state index in [1.54, 1.807) is 42.5 Å². The molecular formula is C28H29NO8S. The zero-order valence-electron chi connectivity index (χ0n) is 20.9. The summed E-state index contributed by atoms with van der Waals surface area (Å²) in [5.41, 5.74) is 2.05. The summed E-state index contributed by atoms with van der Waals surface area (Å²) in [6, 6.07) is 23.1.